The highest BCUT2D eigenvalue weighted by Crippen LogP contribution is 2.35. The molecule has 0 spiro atoms. The van der Waals surface area contributed by atoms with Crippen LogP contribution in [0.25, 0.3) is 5.70 Å². The van der Waals surface area contributed by atoms with E-state index in [1.807, 2.05) is 36.5 Å². The minimum atomic E-state index is 0.180. The van der Waals surface area contributed by atoms with Gasteiger partial charge in [-0.15, -0.1) is 0 Å². The highest BCUT2D eigenvalue weighted by atomic mass is 16.5. The van der Waals surface area contributed by atoms with Gasteiger partial charge in [0.25, 0.3) is 0 Å². The summed E-state index contributed by atoms with van der Waals surface area (Å²) in [7, 11) is 0. The molecule has 3 N–H and O–H groups in total. The first-order valence-corrected chi connectivity index (χ1v) is 10.8. The van der Waals surface area contributed by atoms with Crippen molar-refractivity contribution in [1.82, 2.24) is 10.2 Å². The zero-order chi connectivity index (χ0) is 20.9. The third-order valence-electron chi connectivity index (χ3n) is 5.77. The van der Waals surface area contributed by atoms with Crippen LogP contribution in [0.2, 0.25) is 0 Å². The smallest absolute Gasteiger partial charge is 0.149 e. The van der Waals surface area contributed by atoms with Crippen LogP contribution in [0.1, 0.15) is 44.2 Å². The maximum atomic E-state index is 6.33. The van der Waals surface area contributed by atoms with Crippen molar-refractivity contribution in [3.63, 3.8) is 0 Å². The quantitative estimate of drug-likeness (QED) is 0.664. The number of nitrogens with zero attached hydrogens (tertiary/aromatic N) is 2. The van der Waals surface area contributed by atoms with E-state index in [2.05, 4.69) is 53.3 Å². The summed E-state index contributed by atoms with van der Waals surface area (Å²) in [5.41, 5.74) is 10.5. The number of nitrogens with one attached hydrogen (secondary N) is 1. The van der Waals surface area contributed by atoms with Crippen molar-refractivity contribution >= 4 is 11.5 Å². The molecule has 4 rings (SSSR count). The largest absolute Gasteiger partial charge is 0.489 e. The molecular formula is C25H30N4O. The second-order valence-electron chi connectivity index (χ2n) is 7.79. The molecule has 2 heterocycles. The second-order valence-corrected chi connectivity index (χ2v) is 7.79. The molecule has 0 bridgehead atoms. The van der Waals surface area contributed by atoms with Crippen molar-refractivity contribution in [2.45, 2.75) is 45.9 Å². The van der Waals surface area contributed by atoms with E-state index in [4.69, 9.17) is 10.5 Å². The first kappa shape index (κ1) is 20.1. The number of hydrogen-bond donors (Lipinski definition) is 2. The van der Waals surface area contributed by atoms with Crippen LogP contribution in [0.15, 0.2) is 77.7 Å². The summed E-state index contributed by atoms with van der Waals surface area (Å²) in [6.07, 6.45) is 7.42. The molecule has 0 aliphatic carbocycles. The van der Waals surface area contributed by atoms with Gasteiger partial charge in [-0.05, 0) is 36.5 Å². The van der Waals surface area contributed by atoms with Gasteiger partial charge < -0.3 is 20.7 Å². The first-order valence-electron chi connectivity index (χ1n) is 10.8. The Bertz CT molecular complexity index is 964. The Labute approximate surface area is 179 Å². The van der Waals surface area contributed by atoms with Crippen LogP contribution >= 0.6 is 0 Å². The van der Waals surface area contributed by atoms with Crippen LogP contribution in [-0.4, -0.2) is 16.9 Å². The van der Waals surface area contributed by atoms with E-state index in [1.165, 1.54) is 0 Å². The summed E-state index contributed by atoms with van der Waals surface area (Å²) in [6.45, 7) is 5.03. The Morgan fingerprint density at radius 2 is 1.97 bits per heavy atom. The predicted octanol–water partition coefficient (Wildman–Crippen LogP) is 4.83. The van der Waals surface area contributed by atoms with Gasteiger partial charge in [0, 0.05) is 18.0 Å². The summed E-state index contributed by atoms with van der Waals surface area (Å²) in [4.78, 5) is 6.60. The zero-order valence-corrected chi connectivity index (χ0v) is 17.7. The molecule has 2 atom stereocenters. The fraction of sp³-hybridized carbons (Fsp3) is 0.320. The number of hydrogen-bond acceptors (Lipinski definition) is 5. The molecule has 0 saturated carbocycles. The first-order chi connectivity index (χ1) is 14.7. The zero-order valence-electron chi connectivity index (χ0n) is 17.7. The van der Waals surface area contributed by atoms with Crippen molar-refractivity contribution < 1.29 is 4.74 Å². The summed E-state index contributed by atoms with van der Waals surface area (Å²) in [5, 5.41) is 3.75. The van der Waals surface area contributed by atoms with E-state index in [-0.39, 0.29) is 6.17 Å². The van der Waals surface area contributed by atoms with Crippen LogP contribution in [0.5, 0.6) is 5.75 Å². The molecule has 0 fully saturated rings. The number of fused-ring (bicyclic) bond motifs is 1. The van der Waals surface area contributed by atoms with Crippen LogP contribution in [0, 0.1) is 5.92 Å². The van der Waals surface area contributed by atoms with Gasteiger partial charge in [-0.1, -0.05) is 62.7 Å². The third kappa shape index (κ3) is 4.06. The Morgan fingerprint density at radius 1 is 1.13 bits per heavy atom. The van der Waals surface area contributed by atoms with Crippen molar-refractivity contribution in [1.29, 1.82) is 0 Å². The van der Waals surface area contributed by atoms with E-state index in [0.717, 1.165) is 47.5 Å². The van der Waals surface area contributed by atoms with Gasteiger partial charge in [0.05, 0.1) is 5.70 Å². The molecule has 156 valence electrons. The fourth-order valence-corrected chi connectivity index (χ4v) is 4.23. The number of benzene rings is 2. The standard InChI is InChI=1S/C25H30N4O/c1-3-9-19(4-2)25-28-22(23-24(26)27-14-15-29(23)25)20-12-8-13-21(16-20)30-17-18-10-6-5-7-11-18/h5-8,10-16,19,25,28H,3-4,9,17H2,1-2H3,(H2,26,27). The van der Waals surface area contributed by atoms with Gasteiger partial charge in [-0.25, -0.2) is 4.99 Å². The maximum absolute atomic E-state index is 6.33. The molecule has 5 nitrogen and oxygen atoms in total. The highest BCUT2D eigenvalue weighted by Gasteiger charge is 2.37. The Kier molecular flexibility index (Phi) is 6.07. The van der Waals surface area contributed by atoms with Gasteiger partial charge in [0.15, 0.2) is 0 Å². The van der Waals surface area contributed by atoms with Crippen molar-refractivity contribution in [3.05, 3.63) is 83.8 Å². The SMILES string of the molecule is CCCC(CC)C1NC(c2cccc(OCc3ccccc3)c2)=C2C(N)=NC=CN21. The van der Waals surface area contributed by atoms with E-state index in [1.54, 1.807) is 6.20 Å². The molecule has 30 heavy (non-hydrogen) atoms. The lowest BCUT2D eigenvalue weighted by Crippen LogP contribution is -2.42. The predicted molar refractivity (Wildman–Crippen MR) is 122 cm³/mol. The molecule has 0 radical (unpaired) electrons. The lowest BCUT2D eigenvalue weighted by Gasteiger charge is -2.32. The summed E-state index contributed by atoms with van der Waals surface area (Å²) in [5.74, 6) is 1.91. The molecule has 2 aromatic rings. The van der Waals surface area contributed by atoms with Crippen LogP contribution in [-0.2, 0) is 6.61 Å². The minimum Gasteiger partial charge on any atom is -0.489 e. The van der Waals surface area contributed by atoms with Gasteiger partial charge in [-0.3, -0.25) is 0 Å². The number of rotatable bonds is 8. The average molecular weight is 403 g/mol. The van der Waals surface area contributed by atoms with Crippen LogP contribution in [0.3, 0.4) is 0 Å². The molecule has 2 aliphatic heterocycles. The lowest BCUT2D eigenvalue weighted by molar-refractivity contribution is 0.228. The topological polar surface area (TPSA) is 62.9 Å². The van der Waals surface area contributed by atoms with Crippen LogP contribution < -0.4 is 15.8 Å². The average Bonchev–Trinajstić information content (AvgIpc) is 3.18. The van der Waals surface area contributed by atoms with Crippen molar-refractivity contribution in [2.24, 2.45) is 16.6 Å². The molecule has 0 aromatic heterocycles. The molecule has 2 aromatic carbocycles. The van der Waals surface area contributed by atoms with Gasteiger partial charge in [-0.2, -0.15) is 0 Å². The Morgan fingerprint density at radius 3 is 2.73 bits per heavy atom. The van der Waals surface area contributed by atoms with Gasteiger partial charge in [0.2, 0.25) is 0 Å². The summed E-state index contributed by atoms with van der Waals surface area (Å²) in [6, 6.07) is 18.4. The Balaban J connectivity index is 1.61. The Hall–Kier alpha value is -3.21. The normalized spacial score (nSPS) is 18.7. The van der Waals surface area contributed by atoms with E-state index in [9.17, 15) is 0 Å². The third-order valence-corrected chi connectivity index (χ3v) is 5.77. The van der Waals surface area contributed by atoms with Gasteiger partial charge >= 0.3 is 0 Å². The number of nitrogens with two attached hydrogens (primary N) is 1. The number of amidine groups is 1. The molecule has 2 aliphatic rings. The minimum absolute atomic E-state index is 0.180. The van der Waals surface area contributed by atoms with Crippen LogP contribution in [0.4, 0.5) is 0 Å². The number of aliphatic imine (C=N–C) groups is 1. The van der Waals surface area contributed by atoms with E-state index in [0.29, 0.717) is 18.4 Å². The van der Waals surface area contributed by atoms with Crippen molar-refractivity contribution in [3.8, 4) is 5.75 Å². The molecule has 0 amide bonds. The summed E-state index contributed by atoms with van der Waals surface area (Å²) < 4.78 is 6.05. The fourth-order valence-electron chi connectivity index (χ4n) is 4.23. The van der Waals surface area contributed by atoms with E-state index < -0.39 is 0 Å². The lowest BCUT2D eigenvalue weighted by atomic mass is 9.96. The molecule has 0 saturated heterocycles. The molecule has 5 heteroatoms. The highest BCUT2D eigenvalue weighted by molar-refractivity contribution is 6.05. The monoisotopic (exact) mass is 402 g/mol. The second kappa shape index (κ2) is 9.08. The summed E-state index contributed by atoms with van der Waals surface area (Å²) >= 11 is 0. The van der Waals surface area contributed by atoms with Gasteiger partial charge in [0.1, 0.15) is 30.1 Å². The maximum Gasteiger partial charge on any atom is 0.149 e. The molecule has 2 unspecified atom stereocenters. The molecular weight excluding hydrogens is 372 g/mol. The number of ether oxygens (including phenoxy) is 1. The van der Waals surface area contributed by atoms with E-state index >= 15 is 0 Å². The van der Waals surface area contributed by atoms with Crippen molar-refractivity contribution in [2.75, 3.05) is 0 Å².